The molecule has 0 aromatic heterocycles. The zero-order valence-electron chi connectivity index (χ0n) is 10.1. The van der Waals surface area contributed by atoms with Crippen LogP contribution in [-0.2, 0) is 9.59 Å². The van der Waals surface area contributed by atoms with E-state index >= 15 is 0 Å². The van der Waals surface area contributed by atoms with Gasteiger partial charge in [-0.1, -0.05) is 31.0 Å². The van der Waals surface area contributed by atoms with Crippen LogP contribution >= 0.6 is 0 Å². The van der Waals surface area contributed by atoms with E-state index in [0.717, 1.165) is 32.1 Å². The molecule has 0 saturated heterocycles. The molecule has 0 radical (unpaired) electrons. The molecule has 0 rings (SSSR count). The number of ketones is 2. The lowest BCUT2D eigenvalue weighted by Gasteiger charge is -1.99. The van der Waals surface area contributed by atoms with Crippen molar-refractivity contribution in [3.8, 4) is 0 Å². The first kappa shape index (κ1) is 15.4. The van der Waals surface area contributed by atoms with Crippen LogP contribution in [0.3, 0.4) is 0 Å². The minimum absolute atomic E-state index is 0.00960. The minimum atomic E-state index is -0.0374. The number of rotatable bonds is 11. The Kier molecular flexibility index (Phi) is 9.86. The molecular formula is C12H19N3O2. The van der Waals surface area contributed by atoms with Crippen molar-refractivity contribution in [2.75, 3.05) is 6.54 Å². The summed E-state index contributed by atoms with van der Waals surface area (Å²) in [4.78, 5) is 24.5. The normalized spacial score (nSPS) is 9.41. The Morgan fingerprint density at radius 1 is 1.12 bits per heavy atom. The molecule has 0 fully saturated rings. The lowest BCUT2D eigenvalue weighted by molar-refractivity contribution is -0.118. The summed E-state index contributed by atoms with van der Waals surface area (Å²) in [7, 11) is 0. The van der Waals surface area contributed by atoms with Gasteiger partial charge in [-0.3, -0.25) is 9.59 Å². The molecule has 0 unspecified atom stereocenters. The van der Waals surface area contributed by atoms with Crippen LogP contribution in [0.25, 0.3) is 10.4 Å². The molecule has 0 bridgehead atoms. The van der Waals surface area contributed by atoms with Gasteiger partial charge < -0.3 is 0 Å². The van der Waals surface area contributed by atoms with Gasteiger partial charge in [-0.25, -0.2) is 0 Å². The fourth-order valence-corrected chi connectivity index (χ4v) is 1.44. The van der Waals surface area contributed by atoms with Crippen LogP contribution in [0.1, 0.15) is 44.9 Å². The number of unbranched alkanes of at least 4 members (excludes halogenated alkanes) is 4. The zero-order valence-corrected chi connectivity index (χ0v) is 10.1. The van der Waals surface area contributed by atoms with Crippen molar-refractivity contribution in [1.82, 2.24) is 0 Å². The number of azide groups is 1. The van der Waals surface area contributed by atoms with E-state index < -0.39 is 0 Å². The molecule has 0 heterocycles. The maximum Gasteiger partial charge on any atom is 0.155 e. The molecule has 94 valence electrons. The Balaban J connectivity index is 3.29. The summed E-state index contributed by atoms with van der Waals surface area (Å²) >= 11 is 0. The summed E-state index contributed by atoms with van der Waals surface area (Å²) in [6.07, 6.45) is 7.12. The minimum Gasteiger partial charge on any atom is -0.300 e. The van der Waals surface area contributed by atoms with E-state index in [1.54, 1.807) is 0 Å². The van der Waals surface area contributed by atoms with Gasteiger partial charge >= 0.3 is 0 Å². The highest BCUT2D eigenvalue weighted by atomic mass is 16.1. The molecule has 0 spiro atoms. The summed E-state index contributed by atoms with van der Waals surface area (Å²) < 4.78 is 0. The van der Waals surface area contributed by atoms with Gasteiger partial charge in [0, 0.05) is 17.8 Å². The van der Waals surface area contributed by atoms with Crippen molar-refractivity contribution < 1.29 is 9.59 Å². The molecule has 5 nitrogen and oxygen atoms in total. The van der Waals surface area contributed by atoms with Crippen LogP contribution in [0.2, 0.25) is 0 Å². The summed E-state index contributed by atoms with van der Waals surface area (Å²) in [5.74, 6) is 0.0826. The lowest BCUT2D eigenvalue weighted by atomic mass is 10.1. The van der Waals surface area contributed by atoms with Crippen LogP contribution in [0.4, 0.5) is 0 Å². The van der Waals surface area contributed by atoms with Crippen LogP contribution in [0.15, 0.2) is 17.8 Å². The van der Waals surface area contributed by atoms with Gasteiger partial charge in [-0.15, -0.1) is 0 Å². The van der Waals surface area contributed by atoms with Crippen molar-refractivity contribution in [3.63, 3.8) is 0 Å². The van der Waals surface area contributed by atoms with Gasteiger partial charge in [0.1, 0.15) is 5.78 Å². The SMILES string of the molecule is C=CC(=O)CCCCCCCC(=O)CN=[N+]=[N-]. The van der Waals surface area contributed by atoms with Crippen molar-refractivity contribution >= 4 is 11.6 Å². The molecule has 0 aromatic carbocycles. The first-order valence-electron chi connectivity index (χ1n) is 5.88. The summed E-state index contributed by atoms with van der Waals surface area (Å²) in [5, 5.41) is 3.21. The monoisotopic (exact) mass is 237 g/mol. The van der Waals surface area contributed by atoms with Crippen LogP contribution < -0.4 is 0 Å². The molecule has 0 saturated carbocycles. The summed E-state index contributed by atoms with van der Waals surface area (Å²) in [6, 6.07) is 0. The Labute approximate surface area is 102 Å². The van der Waals surface area contributed by atoms with Gasteiger partial charge in [0.25, 0.3) is 0 Å². The van der Waals surface area contributed by atoms with E-state index in [1.165, 1.54) is 6.08 Å². The van der Waals surface area contributed by atoms with Crippen molar-refractivity contribution in [3.05, 3.63) is 23.1 Å². The van der Waals surface area contributed by atoms with Crippen molar-refractivity contribution in [1.29, 1.82) is 0 Å². The predicted octanol–water partition coefficient (Wildman–Crippen LogP) is 3.35. The molecule has 0 aliphatic carbocycles. The van der Waals surface area contributed by atoms with Gasteiger partial charge in [-0.05, 0) is 24.4 Å². The second-order valence-corrected chi connectivity index (χ2v) is 3.87. The second-order valence-electron chi connectivity index (χ2n) is 3.87. The first-order chi connectivity index (χ1) is 8.20. The van der Waals surface area contributed by atoms with E-state index in [9.17, 15) is 9.59 Å². The highest BCUT2D eigenvalue weighted by molar-refractivity contribution is 5.88. The molecule has 5 heteroatoms. The van der Waals surface area contributed by atoms with E-state index in [1.807, 2.05) is 0 Å². The fraction of sp³-hybridized carbons (Fsp3) is 0.667. The maximum atomic E-state index is 11.1. The highest BCUT2D eigenvalue weighted by Gasteiger charge is 2.00. The molecule has 0 aromatic rings. The number of carbonyl (C=O) groups excluding carboxylic acids is 2. The van der Waals surface area contributed by atoms with Gasteiger partial charge in [-0.2, -0.15) is 0 Å². The van der Waals surface area contributed by atoms with E-state index in [2.05, 4.69) is 16.6 Å². The third-order valence-electron chi connectivity index (χ3n) is 2.42. The van der Waals surface area contributed by atoms with E-state index in [0.29, 0.717) is 12.8 Å². The Bertz CT molecular complexity index is 307. The smallest absolute Gasteiger partial charge is 0.155 e. The Morgan fingerprint density at radius 2 is 1.71 bits per heavy atom. The average molecular weight is 237 g/mol. The second kappa shape index (κ2) is 10.9. The third kappa shape index (κ3) is 10.7. The van der Waals surface area contributed by atoms with Gasteiger partial charge in [0.05, 0.1) is 6.54 Å². The largest absolute Gasteiger partial charge is 0.300 e. The summed E-state index contributed by atoms with van der Waals surface area (Å²) in [6.45, 7) is 3.37. The van der Waals surface area contributed by atoms with Gasteiger partial charge in [0.2, 0.25) is 0 Å². The zero-order chi connectivity index (χ0) is 12.9. The maximum absolute atomic E-state index is 11.1. The van der Waals surface area contributed by atoms with E-state index in [4.69, 9.17) is 5.53 Å². The van der Waals surface area contributed by atoms with Crippen LogP contribution in [-0.4, -0.2) is 18.1 Å². The Morgan fingerprint density at radius 3 is 2.29 bits per heavy atom. The Hall–Kier alpha value is -1.61. The molecule has 0 amide bonds. The lowest BCUT2D eigenvalue weighted by Crippen LogP contribution is -2.01. The first-order valence-corrected chi connectivity index (χ1v) is 5.88. The predicted molar refractivity (Wildman–Crippen MR) is 66.5 cm³/mol. The molecule has 0 aliphatic rings. The number of hydrogen-bond acceptors (Lipinski definition) is 3. The van der Waals surface area contributed by atoms with Crippen LogP contribution in [0.5, 0.6) is 0 Å². The molecular weight excluding hydrogens is 218 g/mol. The fourth-order valence-electron chi connectivity index (χ4n) is 1.44. The van der Waals surface area contributed by atoms with Crippen LogP contribution in [0, 0.1) is 0 Å². The average Bonchev–Trinajstić information content (AvgIpc) is 2.34. The summed E-state index contributed by atoms with van der Waals surface area (Å²) in [5.41, 5.74) is 8.02. The standard InChI is InChI=1S/C12H19N3O2/c1-2-11(16)8-6-4-3-5-7-9-12(17)10-14-15-13/h2H,1,3-10H2. The quantitative estimate of drug-likeness (QED) is 0.181. The topological polar surface area (TPSA) is 82.9 Å². The van der Waals surface area contributed by atoms with E-state index in [-0.39, 0.29) is 18.1 Å². The third-order valence-corrected chi connectivity index (χ3v) is 2.42. The molecule has 17 heavy (non-hydrogen) atoms. The molecule has 0 aliphatic heterocycles. The molecule has 0 N–H and O–H groups in total. The number of allylic oxidation sites excluding steroid dienone is 1. The number of nitrogens with zero attached hydrogens (tertiary/aromatic N) is 3. The van der Waals surface area contributed by atoms with Crippen molar-refractivity contribution in [2.24, 2.45) is 5.11 Å². The molecule has 0 atom stereocenters. The highest BCUT2D eigenvalue weighted by Crippen LogP contribution is 2.08. The van der Waals surface area contributed by atoms with Crippen molar-refractivity contribution in [2.45, 2.75) is 44.9 Å². The number of Topliss-reactive ketones (excluding diaryl/α,β-unsaturated/α-hetero) is 1. The number of hydrogen-bond donors (Lipinski definition) is 0. The van der Waals surface area contributed by atoms with Gasteiger partial charge in [0.15, 0.2) is 5.78 Å². The number of carbonyl (C=O) groups is 2.